The number of carboxylic acid groups (broad SMARTS) is 1. The minimum Gasteiger partial charge on any atom is -0.481 e. The van der Waals surface area contributed by atoms with Gasteiger partial charge in [0.2, 0.25) is 0 Å². The van der Waals surface area contributed by atoms with Crippen LogP contribution in [-0.2, 0) is 11.2 Å². The normalized spacial score (nSPS) is 26.9. The first kappa shape index (κ1) is 12.9. The van der Waals surface area contributed by atoms with Crippen LogP contribution >= 0.6 is 0 Å². The van der Waals surface area contributed by atoms with Crippen LogP contribution in [0.2, 0.25) is 0 Å². The molecule has 18 heavy (non-hydrogen) atoms. The molecular weight excluding hydrogens is 226 g/mol. The van der Waals surface area contributed by atoms with E-state index >= 15 is 0 Å². The summed E-state index contributed by atoms with van der Waals surface area (Å²) in [6, 6.07) is 7.54. The molecule has 0 aromatic heterocycles. The zero-order chi connectivity index (χ0) is 13.6. The average molecular weight is 247 g/mol. The highest BCUT2D eigenvalue weighted by molar-refractivity contribution is 5.79. The molecule has 0 amide bonds. The minimum atomic E-state index is -0.676. The summed E-state index contributed by atoms with van der Waals surface area (Å²) in [5.74, 6) is -0.436. The predicted molar refractivity (Wildman–Crippen MR) is 72.2 cm³/mol. The predicted octanol–water partition coefficient (Wildman–Crippen LogP) is 2.95. The van der Waals surface area contributed by atoms with E-state index < -0.39 is 11.4 Å². The van der Waals surface area contributed by atoms with Crippen molar-refractivity contribution in [3.05, 3.63) is 29.8 Å². The number of carbonyl (C=O) groups is 1. The largest absolute Gasteiger partial charge is 0.481 e. The lowest BCUT2D eigenvalue weighted by Gasteiger charge is -2.22. The van der Waals surface area contributed by atoms with Gasteiger partial charge in [0.25, 0.3) is 0 Å². The van der Waals surface area contributed by atoms with Crippen LogP contribution in [0.25, 0.3) is 0 Å². The lowest BCUT2D eigenvalue weighted by atomic mass is 9.82. The number of benzene rings is 1. The second-order valence-corrected chi connectivity index (χ2v) is 6.51. The summed E-state index contributed by atoms with van der Waals surface area (Å²) in [6.45, 7) is 6.34. The van der Waals surface area contributed by atoms with Crippen molar-refractivity contribution in [2.75, 3.05) is 5.73 Å². The van der Waals surface area contributed by atoms with Crippen molar-refractivity contribution < 1.29 is 9.90 Å². The Bertz CT molecular complexity index is 476. The van der Waals surface area contributed by atoms with Crippen molar-refractivity contribution in [2.45, 2.75) is 33.6 Å². The fourth-order valence-corrected chi connectivity index (χ4v) is 3.02. The van der Waals surface area contributed by atoms with Crippen LogP contribution in [0.15, 0.2) is 24.3 Å². The molecule has 1 aromatic rings. The van der Waals surface area contributed by atoms with Crippen LogP contribution in [-0.4, -0.2) is 11.1 Å². The summed E-state index contributed by atoms with van der Waals surface area (Å²) < 4.78 is 0. The first-order chi connectivity index (χ1) is 8.25. The van der Waals surface area contributed by atoms with E-state index in [1.165, 1.54) is 0 Å². The van der Waals surface area contributed by atoms with E-state index in [-0.39, 0.29) is 11.3 Å². The van der Waals surface area contributed by atoms with E-state index in [0.29, 0.717) is 12.1 Å². The molecule has 0 saturated heterocycles. The van der Waals surface area contributed by atoms with E-state index in [1.807, 2.05) is 24.3 Å². The Hall–Kier alpha value is -1.51. The fourth-order valence-electron chi connectivity index (χ4n) is 3.02. The Labute approximate surface area is 108 Å². The molecule has 0 bridgehead atoms. The number of aliphatic carboxylic acids is 1. The number of carboxylic acids is 1. The van der Waals surface area contributed by atoms with Gasteiger partial charge in [0.1, 0.15) is 0 Å². The Balaban J connectivity index is 2.23. The smallest absolute Gasteiger partial charge is 0.310 e. The van der Waals surface area contributed by atoms with Crippen LogP contribution in [0.3, 0.4) is 0 Å². The zero-order valence-electron chi connectivity index (χ0n) is 11.2. The fraction of sp³-hybridized carbons (Fsp3) is 0.533. The number of rotatable bonds is 3. The van der Waals surface area contributed by atoms with E-state index in [0.717, 1.165) is 12.0 Å². The first-order valence-electron chi connectivity index (χ1n) is 6.33. The Morgan fingerprint density at radius 3 is 2.61 bits per heavy atom. The number of hydrogen-bond donors (Lipinski definition) is 2. The van der Waals surface area contributed by atoms with Crippen LogP contribution in [0.5, 0.6) is 0 Å². The standard InChI is InChI=1S/C15H21NO2/c1-14(2,3)12-9-15(12,13(17)18)8-10-5-4-6-11(16)7-10/h4-7,12H,8-9,16H2,1-3H3,(H,17,18). The molecule has 3 nitrogen and oxygen atoms in total. The third kappa shape index (κ3) is 2.22. The Morgan fingerprint density at radius 1 is 1.50 bits per heavy atom. The van der Waals surface area contributed by atoms with Gasteiger partial charge in [-0.25, -0.2) is 0 Å². The molecule has 98 valence electrons. The van der Waals surface area contributed by atoms with Gasteiger partial charge in [0.15, 0.2) is 0 Å². The van der Waals surface area contributed by atoms with E-state index in [9.17, 15) is 9.90 Å². The van der Waals surface area contributed by atoms with Crippen molar-refractivity contribution in [3.8, 4) is 0 Å². The molecule has 2 rings (SSSR count). The number of nitrogen functional groups attached to an aromatic ring is 1. The summed E-state index contributed by atoms with van der Waals surface area (Å²) in [5, 5.41) is 9.54. The molecule has 0 heterocycles. The molecule has 3 heteroatoms. The topological polar surface area (TPSA) is 63.3 Å². The third-order valence-electron chi connectivity index (χ3n) is 4.02. The van der Waals surface area contributed by atoms with Crippen molar-refractivity contribution in [3.63, 3.8) is 0 Å². The van der Waals surface area contributed by atoms with E-state index in [2.05, 4.69) is 20.8 Å². The molecule has 1 aliphatic carbocycles. The number of hydrogen-bond acceptors (Lipinski definition) is 2. The van der Waals surface area contributed by atoms with E-state index in [1.54, 1.807) is 0 Å². The summed E-state index contributed by atoms with van der Waals surface area (Å²) in [5.41, 5.74) is 6.91. The van der Waals surface area contributed by atoms with Gasteiger partial charge in [-0.2, -0.15) is 0 Å². The molecule has 1 aromatic carbocycles. The van der Waals surface area contributed by atoms with Gasteiger partial charge in [-0.05, 0) is 41.9 Å². The maximum Gasteiger partial charge on any atom is 0.310 e. The quantitative estimate of drug-likeness (QED) is 0.807. The average Bonchev–Trinajstić information content (AvgIpc) is 2.93. The van der Waals surface area contributed by atoms with Gasteiger partial charge in [-0.1, -0.05) is 32.9 Å². The minimum absolute atomic E-state index is 0.0404. The third-order valence-corrected chi connectivity index (χ3v) is 4.02. The van der Waals surface area contributed by atoms with Crippen LogP contribution in [0.4, 0.5) is 5.69 Å². The molecule has 0 aliphatic heterocycles. The molecule has 1 saturated carbocycles. The molecule has 0 radical (unpaired) electrons. The number of anilines is 1. The molecule has 3 N–H and O–H groups in total. The van der Waals surface area contributed by atoms with Gasteiger partial charge in [0.05, 0.1) is 5.41 Å². The first-order valence-corrected chi connectivity index (χ1v) is 6.33. The van der Waals surface area contributed by atoms with E-state index in [4.69, 9.17) is 5.73 Å². The van der Waals surface area contributed by atoms with Crippen molar-refractivity contribution in [2.24, 2.45) is 16.7 Å². The highest BCUT2D eigenvalue weighted by atomic mass is 16.4. The zero-order valence-corrected chi connectivity index (χ0v) is 11.2. The summed E-state index contributed by atoms with van der Waals surface area (Å²) in [6.07, 6.45) is 1.34. The SMILES string of the molecule is CC(C)(C)C1CC1(Cc1cccc(N)c1)C(=O)O. The van der Waals surface area contributed by atoms with Crippen LogP contribution < -0.4 is 5.73 Å². The second kappa shape index (κ2) is 4.01. The Kier molecular flexibility index (Phi) is 2.88. The maximum atomic E-state index is 11.6. The number of nitrogens with two attached hydrogens (primary N) is 1. The van der Waals surface area contributed by atoms with Crippen molar-refractivity contribution in [1.82, 2.24) is 0 Å². The van der Waals surface area contributed by atoms with Gasteiger partial charge >= 0.3 is 5.97 Å². The molecule has 2 atom stereocenters. The van der Waals surface area contributed by atoms with Gasteiger partial charge in [0, 0.05) is 5.69 Å². The van der Waals surface area contributed by atoms with Crippen LogP contribution in [0, 0.1) is 16.7 Å². The molecule has 1 fully saturated rings. The molecular formula is C15H21NO2. The monoisotopic (exact) mass is 247 g/mol. The van der Waals surface area contributed by atoms with Crippen LogP contribution in [0.1, 0.15) is 32.8 Å². The summed E-state index contributed by atoms with van der Waals surface area (Å²) in [4.78, 5) is 11.6. The van der Waals surface area contributed by atoms with Gasteiger partial charge < -0.3 is 10.8 Å². The summed E-state index contributed by atoms with van der Waals surface area (Å²) in [7, 11) is 0. The van der Waals surface area contributed by atoms with Crippen molar-refractivity contribution >= 4 is 11.7 Å². The summed E-state index contributed by atoms with van der Waals surface area (Å²) >= 11 is 0. The second-order valence-electron chi connectivity index (χ2n) is 6.51. The lowest BCUT2D eigenvalue weighted by Crippen LogP contribution is -2.25. The molecule has 0 spiro atoms. The highest BCUT2D eigenvalue weighted by Gasteiger charge is 2.63. The Morgan fingerprint density at radius 2 is 2.17 bits per heavy atom. The lowest BCUT2D eigenvalue weighted by molar-refractivity contribution is -0.144. The highest BCUT2D eigenvalue weighted by Crippen LogP contribution is 2.62. The van der Waals surface area contributed by atoms with Gasteiger partial charge in [-0.3, -0.25) is 4.79 Å². The van der Waals surface area contributed by atoms with Crippen molar-refractivity contribution in [1.29, 1.82) is 0 Å². The van der Waals surface area contributed by atoms with Gasteiger partial charge in [-0.15, -0.1) is 0 Å². The molecule has 1 aliphatic rings. The maximum absolute atomic E-state index is 11.6. The molecule has 2 unspecified atom stereocenters.